The van der Waals surface area contributed by atoms with E-state index in [0.717, 1.165) is 0 Å². The van der Waals surface area contributed by atoms with Gasteiger partial charge in [-0.25, -0.2) is 0 Å². The summed E-state index contributed by atoms with van der Waals surface area (Å²) < 4.78 is 11.1. The Labute approximate surface area is 212 Å². The summed E-state index contributed by atoms with van der Waals surface area (Å²) >= 11 is 0. The molecule has 2 N–H and O–H groups in total. The summed E-state index contributed by atoms with van der Waals surface area (Å²) in [5, 5.41) is 19.8. The minimum atomic E-state index is -0.570. The van der Waals surface area contributed by atoms with E-state index in [2.05, 4.69) is 0 Å². The van der Waals surface area contributed by atoms with Gasteiger partial charge in [0.05, 0.1) is 16.1 Å². The van der Waals surface area contributed by atoms with Crippen LogP contribution in [0.15, 0.2) is 97.1 Å². The number of hydrogen-bond donors (Lipinski definition) is 0. The molecule has 4 aromatic rings. The van der Waals surface area contributed by atoms with Gasteiger partial charge >= 0.3 is 5.69 Å². The molecule has 37 heavy (non-hydrogen) atoms. The molecule has 0 radical (unpaired) electrons. The normalized spacial score (nSPS) is 9.41. The molecule has 0 saturated carbocycles. The van der Waals surface area contributed by atoms with Crippen LogP contribution < -0.4 is 9.47 Å². The molecule has 9 heteroatoms. The largest absolute Gasteiger partial charge is 0.456 e. The third-order valence-corrected chi connectivity index (χ3v) is 4.79. The zero-order valence-corrected chi connectivity index (χ0v) is 19.7. The van der Waals surface area contributed by atoms with E-state index in [-0.39, 0.29) is 28.3 Å². The van der Waals surface area contributed by atoms with Gasteiger partial charge in [-0.2, -0.15) is 5.26 Å². The van der Waals surface area contributed by atoms with Crippen molar-refractivity contribution in [2.45, 2.75) is 6.92 Å². The van der Waals surface area contributed by atoms with E-state index < -0.39 is 4.92 Å². The number of nitro groups is 1. The van der Waals surface area contributed by atoms with E-state index >= 15 is 0 Å². The van der Waals surface area contributed by atoms with Gasteiger partial charge in [0.1, 0.15) is 28.9 Å². The molecule has 4 aromatic carbocycles. The molecule has 0 aromatic heterocycles. The molecule has 0 saturated heterocycles. The fraction of sp³-hybridized carbons (Fsp3) is 0.0357. The predicted molar refractivity (Wildman–Crippen MR) is 136 cm³/mol. The maximum atomic E-state index is 11.5. The quantitative estimate of drug-likeness (QED) is 0.133. The number of carbonyl (C=O) groups excluding carboxylic acids is 2. The average molecular weight is 498 g/mol. The lowest BCUT2D eigenvalue weighted by Crippen LogP contribution is -2.00. The van der Waals surface area contributed by atoms with E-state index in [9.17, 15) is 19.7 Å². The van der Waals surface area contributed by atoms with Gasteiger partial charge in [-0.3, -0.25) is 19.7 Å². The van der Waals surface area contributed by atoms with Crippen LogP contribution in [0.3, 0.4) is 0 Å². The lowest BCUT2D eigenvalue weighted by molar-refractivity contribution is -0.385. The number of nitrogens with zero attached hydrogens (tertiary/aromatic N) is 2. The SMILES string of the molecule is CC(=O)c1cccc(C=O)c1Oc1ccccc1.N#Cc1cccc([N+](=O)[O-])c1Oc1ccccc1.O. The third-order valence-electron chi connectivity index (χ3n) is 4.79. The van der Waals surface area contributed by atoms with Gasteiger partial charge in [-0.15, -0.1) is 0 Å². The number of ether oxygens (including phenoxy) is 2. The Balaban J connectivity index is 0.000000253. The van der Waals surface area contributed by atoms with Crippen LogP contribution >= 0.6 is 0 Å². The maximum Gasteiger partial charge on any atom is 0.312 e. The van der Waals surface area contributed by atoms with Crippen molar-refractivity contribution in [2.75, 3.05) is 0 Å². The van der Waals surface area contributed by atoms with Gasteiger partial charge in [-0.1, -0.05) is 48.5 Å². The lowest BCUT2D eigenvalue weighted by Gasteiger charge is -2.11. The highest BCUT2D eigenvalue weighted by atomic mass is 16.6. The minimum absolute atomic E-state index is 0. The topological polar surface area (TPSA) is 151 Å². The summed E-state index contributed by atoms with van der Waals surface area (Å²) in [7, 11) is 0. The molecule has 0 heterocycles. The molecule has 186 valence electrons. The van der Waals surface area contributed by atoms with Crippen LogP contribution in [0.4, 0.5) is 5.69 Å². The Morgan fingerprint density at radius 2 is 1.38 bits per heavy atom. The summed E-state index contributed by atoms with van der Waals surface area (Å²) in [6, 6.07) is 28.7. The number of ketones is 1. The van der Waals surface area contributed by atoms with Crippen LogP contribution in [0, 0.1) is 21.4 Å². The summed E-state index contributed by atoms with van der Waals surface area (Å²) in [6.45, 7) is 1.45. The predicted octanol–water partition coefficient (Wildman–Crippen LogP) is 5.93. The first-order valence-corrected chi connectivity index (χ1v) is 10.7. The molecule has 4 rings (SSSR count). The zero-order chi connectivity index (χ0) is 25.9. The molecule has 0 fully saturated rings. The Bertz CT molecular complexity index is 1420. The fourth-order valence-corrected chi connectivity index (χ4v) is 3.12. The highest BCUT2D eigenvalue weighted by molar-refractivity contribution is 5.99. The maximum absolute atomic E-state index is 11.5. The number of rotatable bonds is 7. The molecule has 0 aliphatic carbocycles. The van der Waals surface area contributed by atoms with E-state index in [4.69, 9.17) is 14.7 Å². The second-order valence-electron chi connectivity index (χ2n) is 7.25. The number of para-hydroxylation sites is 4. The third kappa shape index (κ3) is 7.32. The number of hydrogen-bond acceptors (Lipinski definition) is 7. The van der Waals surface area contributed by atoms with Gasteiger partial charge in [0.25, 0.3) is 0 Å². The van der Waals surface area contributed by atoms with Crippen molar-refractivity contribution in [3.63, 3.8) is 0 Å². The summed E-state index contributed by atoms with van der Waals surface area (Å²) in [6.07, 6.45) is 0.685. The number of Topliss-reactive ketones (excluding diaryl/α,β-unsaturated/α-hetero) is 1. The number of carbonyl (C=O) groups is 2. The zero-order valence-electron chi connectivity index (χ0n) is 19.7. The Morgan fingerprint density at radius 1 is 0.838 bits per heavy atom. The van der Waals surface area contributed by atoms with Crippen LogP contribution in [-0.4, -0.2) is 22.5 Å². The molecule has 0 amide bonds. The van der Waals surface area contributed by atoms with Crippen molar-refractivity contribution >= 4 is 17.8 Å². The van der Waals surface area contributed by atoms with Crippen LogP contribution in [-0.2, 0) is 0 Å². The molecule has 0 spiro atoms. The summed E-state index contributed by atoms with van der Waals surface area (Å²) in [4.78, 5) is 32.9. The second-order valence-corrected chi connectivity index (χ2v) is 7.25. The number of nitro benzene ring substituents is 1. The Morgan fingerprint density at radius 3 is 1.86 bits per heavy atom. The monoisotopic (exact) mass is 498 g/mol. The standard InChI is InChI=1S/C15H12O3.C13H8N2O3.H2O/c1-11(17)14-9-5-6-12(10-16)15(14)18-13-7-3-2-4-8-13;14-9-10-5-4-8-12(15(16)17)13(10)18-11-6-2-1-3-7-11;/h2-10H,1H3;1-8H;1H2. The van der Waals surface area contributed by atoms with Gasteiger partial charge in [-0.05, 0) is 49.4 Å². The van der Waals surface area contributed by atoms with Crippen molar-refractivity contribution in [1.29, 1.82) is 5.26 Å². The molecule has 0 aliphatic heterocycles. The van der Waals surface area contributed by atoms with E-state index in [1.807, 2.05) is 24.3 Å². The van der Waals surface area contributed by atoms with Gasteiger partial charge in [0.15, 0.2) is 12.1 Å². The van der Waals surface area contributed by atoms with E-state index in [0.29, 0.717) is 34.7 Å². The summed E-state index contributed by atoms with van der Waals surface area (Å²) in [5.41, 5.74) is 0.681. The van der Waals surface area contributed by atoms with Gasteiger partial charge in [0.2, 0.25) is 5.75 Å². The minimum Gasteiger partial charge on any atom is -0.456 e. The lowest BCUT2D eigenvalue weighted by atomic mass is 10.1. The molecular weight excluding hydrogens is 476 g/mol. The van der Waals surface area contributed by atoms with Crippen molar-refractivity contribution in [1.82, 2.24) is 0 Å². The smallest absolute Gasteiger partial charge is 0.312 e. The molecule has 9 nitrogen and oxygen atoms in total. The first-order valence-electron chi connectivity index (χ1n) is 10.7. The van der Waals surface area contributed by atoms with Gasteiger partial charge < -0.3 is 14.9 Å². The molecule has 0 aliphatic rings. The Hall–Kier alpha value is -5.33. The number of nitriles is 1. The number of benzene rings is 4. The van der Waals surface area contributed by atoms with Crippen molar-refractivity contribution in [3.05, 3.63) is 124 Å². The first-order chi connectivity index (χ1) is 17.4. The van der Waals surface area contributed by atoms with Crippen LogP contribution in [0.1, 0.15) is 33.2 Å². The van der Waals surface area contributed by atoms with E-state index in [1.165, 1.54) is 25.1 Å². The number of aldehydes is 1. The van der Waals surface area contributed by atoms with Crippen LogP contribution in [0.25, 0.3) is 0 Å². The van der Waals surface area contributed by atoms with Crippen molar-refractivity contribution < 1.29 is 29.5 Å². The van der Waals surface area contributed by atoms with Gasteiger partial charge in [0, 0.05) is 6.07 Å². The first kappa shape index (κ1) is 27.9. The van der Waals surface area contributed by atoms with Crippen molar-refractivity contribution in [3.8, 4) is 29.1 Å². The van der Waals surface area contributed by atoms with Crippen LogP contribution in [0.5, 0.6) is 23.0 Å². The van der Waals surface area contributed by atoms with Crippen molar-refractivity contribution in [2.24, 2.45) is 0 Å². The molecule has 0 unspecified atom stereocenters. The molecule has 0 atom stereocenters. The molecule has 0 bridgehead atoms. The van der Waals surface area contributed by atoms with Crippen LogP contribution in [0.2, 0.25) is 0 Å². The Kier molecular flexibility index (Phi) is 10.2. The van der Waals surface area contributed by atoms with E-state index in [1.54, 1.807) is 60.7 Å². The average Bonchev–Trinajstić information content (AvgIpc) is 2.90. The highest BCUT2D eigenvalue weighted by Gasteiger charge is 2.19. The second kappa shape index (κ2) is 13.5. The fourth-order valence-electron chi connectivity index (χ4n) is 3.12. The summed E-state index contributed by atoms with van der Waals surface area (Å²) in [5.74, 6) is 1.18. The highest BCUT2D eigenvalue weighted by Crippen LogP contribution is 2.34. The molecular formula is C28H22N2O7.